The minimum atomic E-state index is -0.665. The monoisotopic (exact) mass is 182 g/mol. The molecule has 0 saturated heterocycles. The summed E-state index contributed by atoms with van der Waals surface area (Å²) in [6.07, 6.45) is 1.36. The molecule has 5 nitrogen and oxygen atoms in total. The van der Waals surface area contributed by atoms with Crippen molar-refractivity contribution in [1.82, 2.24) is 4.98 Å². The van der Waals surface area contributed by atoms with Gasteiger partial charge in [-0.25, -0.2) is 4.98 Å². The Morgan fingerprint density at radius 3 is 3.08 bits per heavy atom. The fourth-order valence-corrected chi connectivity index (χ4v) is 0.808. The van der Waals surface area contributed by atoms with Gasteiger partial charge in [0.2, 0.25) is 5.91 Å². The maximum absolute atomic E-state index is 10.9. The van der Waals surface area contributed by atoms with E-state index in [0.29, 0.717) is 0 Å². The molecule has 0 aliphatic rings. The second-order valence-electron chi connectivity index (χ2n) is 1.86. The molecule has 1 aromatic rings. The quantitative estimate of drug-likeness (QED) is 0.289. The van der Waals surface area contributed by atoms with E-state index in [1.54, 1.807) is 0 Å². The molecule has 1 aromatic heterocycles. The van der Waals surface area contributed by atoms with Crippen LogP contribution in [0.15, 0.2) is 23.4 Å². The molecule has 0 bridgehead atoms. The predicted molar refractivity (Wildman–Crippen MR) is 42.7 cm³/mol. The molecule has 0 radical (unpaired) electrons. The van der Waals surface area contributed by atoms with Gasteiger partial charge in [0.15, 0.2) is 0 Å². The van der Waals surface area contributed by atoms with Gasteiger partial charge in [-0.2, -0.15) is 0 Å². The Morgan fingerprint density at radius 1 is 1.75 bits per heavy atom. The number of nitrogens with zero attached hydrogens (tertiary/aromatic N) is 4. The van der Waals surface area contributed by atoms with E-state index in [-0.39, 0.29) is 10.7 Å². The number of halogens is 1. The summed E-state index contributed by atoms with van der Waals surface area (Å²) in [5.74, 6) is -0.665. The average Bonchev–Trinajstić information content (AvgIpc) is 2.05. The first-order valence-electron chi connectivity index (χ1n) is 2.95. The van der Waals surface area contributed by atoms with Crippen LogP contribution in [0.3, 0.4) is 0 Å². The summed E-state index contributed by atoms with van der Waals surface area (Å²) < 4.78 is 0. The third kappa shape index (κ3) is 1.95. The Labute approximate surface area is 72.6 Å². The number of azide groups is 1. The molecule has 0 spiro atoms. The molecular weight excluding hydrogens is 180 g/mol. The van der Waals surface area contributed by atoms with Crippen molar-refractivity contribution in [3.8, 4) is 0 Å². The molecule has 0 aliphatic heterocycles. The van der Waals surface area contributed by atoms with Crippen LogP contribution in [0.4, 0.5) is 0 Å². The molecular formula is C6H3ClN4O. The largest absolute Gasteiger partial charge is 0.287 e. The lowest BCUT2D eigenvalue weighted by molar-refractivity contribution is 0.100. The number of aromatic nitrogens is 1. The van der Waals surface area contributed by atoms with E-state index in [0.717, 1.165) is 0 Å². The van der Waals surface area contributed by atoms with Gasteiger partial charge in [-0.3, -0.25) is 4.79 Å². The Balaban J connectivity index is 3.03. The summed E-state index contributed by atoms with van der Waals surface area (Å²) in [6.45, 7) is 0. The summed E-state index contributed by atoms with van der Waals surface area (Å²) >= 11 is 5.49. The zero-order valence-electron chi connectivity index (χ0n) is 5.81. The first-order chi connectivity index (χ1) is 5.74. The van der Waals surface area contributed by atoms with Gasteiger partial charge in [-0.15, -0.1) is 0 Å². The molecule has 60 valence electrons. The summed E-state index contributed by atoms with van der Waals surface area (Å²) in [5, 5.41) is 3.08. The topological polar surface area (TPSA) is 78.7 Å². The average molecular weight is 183 g/mol. The third-order valence-electron chi connectivity index (χ3n) is 1.11. The molecule has 12 heavy (non-hydrogen) atoms. The smallest absolute Gasteiger partial charge is 0.249 e. The second kappa shape index (κ2) is 3.71. The van der Waals surface area contributed by atoms with E-state index in [1.165, 1.54) is 18.3 Å². The first kappa shape index (κ1) is 8.52. The van der Waals surface area contributed by atoms with Crippen molar-refractivity contribution in [2.45, 2.75) is 0 Å². The van der Waals surface area contributed by atoms with Gasteiger partial charge in [-0.05, 0) is 22.8 Å². The van der Waals surface area contributed by atoms with E-state index < -0.39 is 5.91 Å². The van der Waals surface area contributed by atoms with Crippen LogP contribution in [0.2, 0.25) is 5.15 Å². The maximum atomic E-state index is 10.9. The normalized spacial score (nSPS) is 8.75. The number of pyridine rings is 1. The van der Waals surface area contributed by atoms with Gasteiger partial charge in [0.1, 0.15) is 5.15 Å². The minimum Gasteiger partial charge on any atom is -0.287 e. The Kier molecular flexibility index (Phi) is 2.63. The van der Waals surface area contributed by atoms with Crippen molar-refractivity contribution in [2.75, 3.05) is 0 Å². The van der Waals surface area contributed by atoms with Crippen LogP contribution in [0, 0.1) is 0 Å². The van der Waals surface area contributed by atoms with Crippen molar-refractivity contribution < 1.29 is 4.79 Å². The molecule has 0 aromatic carbocycles. The number of carbonyl (C=O) groups excluding carboxylic acids is 1. The SMILES string of the molecule is [N-]=[N+]=NC(=O)c1ccnc(Cl)c1. The highest BCUT2D eigenvalue weighted by molar-refractivity contribution is 6.29. The molecule has 0 N–H and O–H groups in total. The maximum Gasteiger partial charge on any atom is 0.249 e. The van der Waals surface area contributed by atoms with E-state index in [9.17, 15) is 4.79 Å². The number of amides is 1. The summed E-state index contributed by atoms with van der Waals surface area (Å²) in [5.41, 5.74) is 8.19. The van der Waals surface area contributed by atoms with E-state index in [2.05, 4.69) is 15.0 Å². The summed E-state index contributed by atoms with van der Waals surface area (Å²) in [4.78, 5) is 16.9. The van der Waals surface area contributed by atoms with Crippen molar-refractivity contribution >= 4 is 17.5 Å². The van der Waals surface area contributed by atoms with E-state index in [4.69, 9.17) is 17.1 Å². The van der Waals surface area contributed by atoms with Gasteiger partial charge in [-0.1, -0.05) is 11.6 Å². The molecule has 0 unspecified atom stereocenters. The molecule has 1 heterocycles. The van der Waals surface area contributed by atoms with Gasteiger partial charge in [0.05, 0.1) is 0 Å². The standard InChI is InChI=1S/C6H3ClN4O/c7-5-3-4(1-2-9-5)6(12)10-11-8/h1-3H. The van der Waals surface area contributed by atoms with Crippen LogP contribution in [0.1, 0.15) is 10.4 Å². The summed E-state index contributed by atoms with van der Waals surface area (Å²) in [6, 6.07) is 2.75. The molecule has 0 aliphatic carbocycles. The lowest BCUT2D eigenvalue weighted by Crippen LogP contribution is -1.92. The van der Waals surface area contributed by atoms with Crippen LogP contribution in [-0.2, 0) is 0 Å². The highest BCUT2D eigenvalue weighted by atomic mass is 35.5. The second-order valence-corrected chi connectivity index (χ2v) is 2.25. The van der Waals surface area contributed by atoms with Gasteiger partial charge < -0.3 is 0 Å². The molecule has 0 fully saturated rings. The number of hydrogen-bond acceptors (Lipinski definition) is 2. The van der Waals surface area contributed by atoms with Crippen LogP contribution in [-0.4, -0.2) is 10.9 Å². The molecule has 1 amide bonds. The molecule has 1 rings (SSSR count). The highest BCUT2D eigenvalue weighted by Crippen LogP contribution is 2.07. The lowest BCUT2D eigenvalue weighted by atomic mass is 10.3. The molecule has 6 heteroatoms. The predicted octanol–water partition coefficient (Wildman–Crippen LogP) is 2.19. The Hall–Kier alpha value is -1.58. The number of rotatable bonds is 1. The third-order valence-corrected chi connectivity index (χ3v) is 1.32. The van der Waals surface area contributed by atoms with E-state index in [1.807, 2.05) is 0 Å². The molecule has 0 saturated carbocycles. The zero-order valence-corrected chi connectivity index (χ0v) is 6.56. The van der Waals surface area contributed by atoms with Crippen molar-refractivity contribution in [3.63, 3.8) is 0 Å². The Morgan fingerprint density at radius 2 is 2.50 bits per heavy atom. The Bertz CT molecular complexity index is 358. The van der Waals surface area contributed by atoms with Crippen LogP contribution in [0.25, 0.3) is 10.4 Å². The zero-order chi connectivity index (χ0) is 8.97. The fourth-order valence-electron chi connectivity index (χ4n) is 0.634. The van der Waals surface area contributed by atoms with Crippen LogP contribution >= 0.6 is 11.6 Å². The van der Waals surface area contributed by atoms with E-state index >= 15 is 0 Å². The van der Waals surface area contributed by atoms with Crippen LogP contribution < -0.4 is 0 Å². The van der Waals surface area contributed by atoms with Crippen molar-refractivity contribution in [2.24, 2.45) is 5.11 Å². The fraction of sp³-hybridized carbons (Fsp3) is 0. The summed E-state index contributed by atoms with van der Waals surface area (Å²) in [7, 11) is 0. The molecule has 0 atom stereocenters. The highest BCUT2D eigenvalue weighted by Gasteiger charge is 2.02. The number of carbonyl (C=O) groups is 1. The van der Waals surface area contributed by atoms with Crippen molar-refractivity contribution in [3.05, 3.63) is 39.5 Å². The first-order valence-corrected chi connectivity index (χ1v) is 3.33. The van der Waals surface area contributed by atoms with Gasteiger partial charge in [0, 0.05) is 16.7 Å². The minimum absolute atomic E-state index is 0.189. The van der Waals surface area contributed by atoms with Gasteiger partial charge >= 0.3 is 0 Å². The lowest BCUT2D eigenvalue weighted by Gasteiger charge is -1.92. The van der Waals surface area contributed by atoms with Crippen molar-refractivity contribution in [1.29, 1.82) is 0 Å². The van der Waals surface area contributed by atoms with Gasteiger partial charge in [0.25, 0.3) is 0 Å². The number of hydrogen-bond donors (Lipinski definition) is 0. The van der Waals surface area contributed by atoms with Crippen LogP contribution in [0.5, 0.6) is 0 Å².